The Kier molecular flexibility index (Phi) is 6.33. The van der Waals surface area contributed by atoms with Gasteiger partial charge in [0.05, 0.1) is 0 Å². The Morgan fingerprint density at radius 3 is 2.39 bits per heavy atom. The normalized spacial score (nSPS) is 45.7. The Hall–Kier alpha value is -0.930. The summed E-state index contributed by atoms with van der Waals surface area (Å²) in [5, 5.41) is 11.6. The molecular formula is C27H45NO3. The van der Waals surface area contributed by atoms with Gasteiger partial charge in [-0.05, 0) is 90.8 Å². The summed E-state index contributed by atoms with van der Waals surface area (Å²) >= 11 is 0. The lowest BCUT2D eigenvalue weighted by atomic mass is 9.44. The van der Waals surface area contributed by atoms with Crippen LogP contribution in [0.25, 0.3) is 0 Å². The van der Waals surface area contributed by atoms with E-state index >= 15 is 0 Å². The van der Waals surface area contributed by atoms with Crippen LogP contribution in [-0.4, -0.2) is 16.7 Å². The lowest BCUT2D eigenvalue weighted by Gasteiger charge is -2.60. The molecule has 0 bridgehead atoms. The van der Waals surface area contributed by atoms with E-state index in [0.29, 0.717) is 36.0 Å². The zero-order valence-corrected chi connectivity index (χ0v) is 20.6. The van der Waals surface area contributed by atoms with Crippen molar-refractivity contribution in [2.45, 2.75) is 111 Å². The quantitative estimate of drug-likeness (QED) is 0.338. The molecule has 4 saturated carbocycles. The van der Waals surface area contributed by atoms with Crippen LogP contribution in [0.4, 0.5) is 0 Å². The van der Waals surface area contributed by atoms with Crippen molar-refractivity contribution in [1.82, 2.24) is 0 Å². The van der Waals surface area contributed by atoms with Gasteiger partial charge in [-0.2, -0.15) is 0 Å². The van der Waals surface area contributed by atoms with Gasteiger partial charge in [0.1, 0.15) is 0 Å². The number of nitro groups is 1. The Balaban J connectivity index is 1.50. The van der Waals surface area contributed by atoms with E-state index in [1.807, 2.05) is 0 Å². The summed E-state index contributed by atoms with van der Waals surface area (Å²) in [7, 11) is 0. The molecular weight excluding hydrogens is 386 g/mol. The van der Waals surface area contributed by atoms with Crippen LogP contribution < -0.4 is 0 Å². The molecule has 0 aliphatic heterocycles. The lowest BCUT2D eigenvalue weighted by Crippen LogP contribution is -2.57. The molecule has 9 atom stereocenters. The first-order chi connectivity index (χ1) is 14.6. The Bertz CT molecular complexity index is 705. The summed E-state index contributed by atoms with van der Waals surface area (Å²) in [4.78, 5) is 23.8. The van der Waals surface area contributed by atoms with Crippen molar-refractivity contribution in [2.75, 3.05) is 0 Å². The minimum atomic E-state index is -0.953. The van der Waals surface area contributed by atoms with Gasteiger partial charge in [0.25, 0.3) is 6.04 Å². The highest BCUT2D eigenvalue weighted by Crippen LogP contribution is 2.68. The number of carbonyl (C=O) groups excluding carboxylic acids is 1. The minimum Gasteiger partial charge on any atom is -0.292 e. The van der Waals surface area contributed by atoms with Crippen LogP contribution in [0.5, 0.6) is 0 Å². The van der Waals surface area contributed by atoms with Crippen LogP contribution in [0.15, 0.2) is 0 Å². The van der Waals surface area contributed by atoms with Crippen LogP contribution in [0.1, 0.15) is 105 Å². The van der Waals surface area contributed by atoms with Gasteiger partial charge >= 0.3 is 0 Å². The number of hydrogen-bond donors (Lipinski definition) is 0. The highest BCUT2D eigenvalue weighted by Gasteiger charge is 2.62. The standard InChI is InChI=1S/C27H45NO3/c1-17(2)7-6-8-18(3)21-11-12-22-20-10-9-19-15-25(29)24(28(30)31)16-27(19,5)23(20)13-14-26(21,22)4/h17-24H,6-16H2,1-5H3. The monoisotopic (exact) mass is 431 g/mol. The Morgan fingerprint density at radius 2 is 1.71 bits per heavy atom. The predicted molar refractivity (Wildman–Crippen MR) is 124 cm³/mol. The average molecular weight is 432 g/mol. The maximum absolute atomic E-state index is 12.4. The van der Waals surface area contributed by atoms with Gasteiger partial charge in [0, 0.05) is 17.8 Å². The molecule has 4 aliphatic carbocycles. The van der Waals surface area contributed by atoms with E-state index in [9.17, 15) is 14.9 Å². The first-order valence-corrected chi connectivity index (χ1v) is 13.2. The third kappa shape index (κ3) is 3.88. The lowest BCUT2D eigenvalue weighted by molar-refractivity contribution is -0.514. The van der Waals surface area contributed by atoms with Gasteiger partial charge in [0.2, 0.25) is 5.78 Å². The van der Waals surface area contributed by atoms with E-state index < -0.39 is 6.04 Å². The van der Waals surface area contributed by atoms with Crippen molar-refractivity contribution >= 4 is 5.78 Å². The van der Waals surface area contributed by atoms with Crippen molar-refractivity contribution in [3.05, 3.63) is 10.1 Å². The topological polar surface area (TPSA) is 60.2 Å². The third-order valence-corrected chi connectivity index (χ3v) is 11.0. The summed E-state index contributed by atoms with van der Waals surface area (Å²) in [6.07, 6.45) is 12.6. The number of carbonyl (C=O) groups is 1. The van der Waals surface area contributed by atoms with Crippen molar-refractivity contribution in [3.8, 4) is 0 Å². The number of ketones is 1. The van der Waals surface area contributed by atoms with Gasteiger partial charge in [-0.15, -0.1) is 0 Å². The second-order valence-electron chi connectivity index (χ2n) is 12.9. The molecule has 9 unspecified atom stereocenters. The van der Waals surface area contributed by atoms with Crippen molar-refractivity contribution < 1.29 is 9.72 Å². The van der Waals surface area contributed by atoms with Crippen molar-refractivity contribution in [3.63, 3.8) is 0 Å². The van der Waals surface area contributed by atoms with Crippen molar-refractivity contribution in [2.24, 2.45) is 52.3 Å². The molecule has 0 saturated heterocycles. The van der Waals surface area contributed by atoms with E-state index in [-0.39, 0.29) is 16.1 Å². The fourth-order valence-corrected chi connectivity index (χ4v) is 9.31. The van der Waals surface area contributed by atoms with Gasteiger partial charge in [-0.1, -0.05) is 53.9 Å². The molecule has 0 aromatic heterocycles. The maximum Gasteiger partial charge on any atom is 0.270 e. The molecule has 0 spiro atoms. The molecule has 176 valence electrons. The van der Waals surface area contributed by atoms with E-state index in [1.165, 1.54) is 51.4 Å². The molecule has 0 radical (unpaired) electrons. The van der Waals surface area contributed by atoms with Crippen LogP contribution in [-0.2, 0) is 4.79 Å². The molecule has 4 heteroatoms. The number of hydrogen-bond acceptors (Lipinski definition) is 3. The average Bonchev–Trinajstić information content (AvgIpc) is 3.05. The van der Waals surface area contributed by atoms with E-state index in [0.717, 1.165) is 30.1 Å². The zero-order chi connectivity index (χ0) is 22.6. The molecule has 0 aromatic rings. The maximum atomic E-state index is 12.4. The van der Waals surface area contributed by atoms with Gasteiger partial charge in [0.15, 0.2) is 0 Å². The minimum absolute atomic E-state index is 0.0170. The molecule has 0 N–H and O–H groups in total. The molecule has 0 amide bonds. The van der Waals surface area contributed by atoms with Crippen molar-refractivity contribution in [1.29, 1.82) is 0 Å². The van der Waals surface area contributed by atoms with Gasteiger partial charge in [-0.25, -0.2) is 0 Å². The number of nitrogens with zero attached hydrogens (tertiary/aromatic N) is 1. The number of rotatable bonds is 6. The summed E-state index contributed by atoms with van der Waals surface area (Å²) < 4.78 is 0. The molecule has 4 rings (SSSR count). The summed E-state index contributed by atoms with van der Waals surface area (Å²) in [5.74, 6) is 4.79. The Morgan fingerprint density at radius 1 is 1.00 bits per heavy atom. The SMILES string of the molecule is CC(C)CCCC(C)C1CCC2C3CCC4CC(=O)C([N+](=O)[O-])CC4(C)C3CCC12C. The van der Waals surface area contributed by atoms with Crippen LogP contribution in [0.3, 0.4) is 0 Å². The van der Waals surface area contributed by atoms with Crippen LogP contribution in [0.2, 0.25) is 0 Å². The van der Waals surface area contributed by atoms with E-state index in [2.05, 4.69) is 34.6 Å². The molecule has 4 fully saturated rings. The van der Waals surface area contributed by atoms with E-state index in [4.69, 9.17) is 0 Å². The second-order valence-corrected chi connectivity index (χ2v) is 12.9. The molecule has 4 aliphatic rings. The summed E-state index contributed by atoms with van der Waals surface area (Å²) in [6.45, 7) is 12.1. The van der Waals surface area contributed by atoms with Gasteiger partial charge < -0.3 is 0 Å². The van der Waals surface area contributed by atoms with Crippen LogP contribution in [0, 0.1) is 62.4 Å². The van der Waals surface area contributed by atoms with E-state index in [1.54, 1.807) is 0 Å². The highest BCUT2D eigenvalue weighted by atomic mass is 16.6. The fourth-order valence-electron chi connectivity index (χ4n) is 9.31. The second kappa shape index (κ2) is 8.45. The highest BCUT2D eigenvalue weighted by molar-refractivity contribution is 5.84. The zero-order valence-electron chi connectivity index (χ0n) is 20.6. The smallest absolute Gasteiger partial charge is 0.270 e. The molecule has 0 aromatic carbocycles. The Labute approximate surface area is 189 Å². The first-order valence-electron chi connectivity index (χ1n) is 13.2. The number of Topliss-reactive ketones (excluding diaryl/α,β-unsaturated/α-hetero) is 1. The van der Waals surface area contributed by atoms with Gasteiger partial charge in [-0.3, -0.25) is 14.9 Å². The fraction of sp³-hybridized carbons (Fsp3) is 0.963. The molecule has 0 heterocycles. The summed E-state index contributed by atoms with van der Waals surface area (Å²) in [5.41, 5.74) is 0.436. The molecule has 31 heavy (non-hydrogen) atoms. The number of fused-ring (bicyclic) bond motifs is 5. The third-order valence-electron chi connectivity index (χ3n) is 11.0. The van der Waals surface area contributed by atoms with Crippen LogP contribution >= 0.6 is 0 Å². The molecule has 4 nitrogen and oxygen atoms in total. The summed E-state index contributed by atoms with van der Waals surface area (Å²) in [6, 6.07) is -0.953. The first kappa shape index (κ1) is 23.2. The predicted octanol–water partition coefficient (Wildman–Crippen LogP) is 6.93. The largest absolute Gasteiger partial charge is 0.292 e.